The molecule has 2 aromatic heterocycles. The normalized spacial score (nSPS) is 10.3. The van der Waals surface area contributed by atoms with Crippen molar-refractivity contribution in [3.05, 3.63) is 42.4 Å². The molecule has 0 fully saturated rings. The van der Waals surface area contributed by atoms with Crippen LogP contribution in [-0.4, -0.2) is 0 Å². The summed E-state index contributed by atoms with van der Waals surface area (Å²) < 4.78 is 7.50. The standard InChI is InChI=1S/C11H12NO/c1-9-3-4-11(13-9)10-5-7-12(2)8-6-10/h3-8H,1-2H3/q+1. The molecule has 0 aliphatic heterocycles. The number of pyridine rings is 1. The summed E-state index contributed by atoms with van der Waals surface area (Å²) in [5, 5.41) is 0. The minimum absolute atomic E-state index is 0.929. The van der Waals surface area contributed by atoms with E-state index >= 15 is 0 Å². The molecule has 0 saturated carbocycles. The minimum atomic E-state index is 0.929. The molecule has 0 spiro atoms. The van der Waals surface area contributed by atoms with Gasteiger partial charge in [0.25, 0.3) is 0 Å². The highest BCUT2D eigenvalue weighted by atomic mass is 16.3. The van der Waals surface area contributed by atoms with E-state index in [1.54, 1.807) is 0 Å². The third-order valence-corrected chi connectivity index (χ3v) is 2.00. The Morgan fingerprint density at radius 3 is 2.31 bits per heavy atom. The second kappa shape index (κ2) is 3.05. The van der Waals surface area contributed by atoms with E-state index in [4.69, 9.17) is 4.42 Å². The summed E-state index contributed by atoms with van der Waals surface area (Å²) in [4.78, 5) is 0. The Morgan fingerprint density at radius 2 is 1.77 bits per heavy atom. The number of nitrogens with zero attached hydrogens (tertiary/aromatic N) is 1. The molecule has 2 aromatic rings. The zero-order valence-corrected chi connectivity index (χ0v) is 7.82. The van der Waals surface area contributed by atoms with Crippen LogP contribution in [0.2, 0.25) is 0 Å². The van der Waals surface area contributed by atoms with Gasteiger partial charge in [-0.05, 0) is 19.1 Å². The molecule has 13 heavy (non-hydrogen) atoms. The molecule has 0 saturated heterocycles. The number of aromatic nitrogens is 1. The predicted molar refractivity (Wildman–Crippen MR) is 50.1 cm³/mol. The third-order valence-electron chi connectivity index (χ3n) is 2.00. The van der Waals surface area contributed by atoms with E-state index in [0.29, 0.717) is 0 Å². The lowest BCUT2D eigenvalue weighted by atomic mass is 10.2. The van der Waals surface area contributed by atoms with Crippen LogP contribution in [0.3, 0.4) is 0 Å². The van der Waals surface area contributed by atoms with Gasteiger partial charge in [0.15, 0.2) is 12.4 Å². The first kappa shape index (κ1) is 8.05. The monoisotopic (exact) mass is 174 g/mol. The van der Waals surface area contributed by atoms with Gasteiger partial charge in [0.2, 0.25) is 0 Å². The predicted octanol–water partition coefficient (Wildman–Crippen LogP) is 2.08. The largest absolute Gasteiger partial charge is 0.461 e. The lowest BCUT2D eigenvalue weighted by molar-refractivity contribution is -0.671. The topological polar surface area (TPSA) is 17.0 Å². The van der Waals surface area contributed by atoms with Crippen LogP contribution in [0.1, 0.15) is 5.76 Å². The molecule has 0 aliphatic carbocycles. The van der Waals surface area contributed by atoms with Crippen molar-refractivity contribution in [2.24, 2.45) is 7.05 Å². The fraction of sp³-hybridized carbons (Fsp3) is 0.182. The molecular weight excluding hydrogens is 162 g/mol. The first-order chi connectivity index (χ1) is 6.25. The summed E-state index contributed by atoms with van der Waals surface area (Å²) in [7, 11) is 2.00. The van der Waals surface area contributed by atoms with Crippen LogP contribution in [0.5, 0.6) is 0 Å². The van der Waals surface area contributed by atoms with Crippen molar-refractivity contribution in [1.82, 2.24) is 0 Å². The van der Waals surface area contributed by atoms with Gasteiger partial charge in [0.1, 0.15) is 18.6 Å². The molecule has 0 aliphatic rings. The molecule has 0 atom stereocenters. The highest BCUT2D eigenvalue weighted by molar-refractivity contribution is 5.55. The summed E-state index contributed by atoms with van der Waals surface area (Å²) in [5.74, 6) is 1.88. The van der Waals surface area contributed by atoms with Gasteiger partial charge >= 0.3 is 0 Å². The Morgan fingerprint density at radius 1 is 1.08 bits per heavy atom. The number of hydrogen-bond donors (Lipinski definition) is 0. The van der Waals surface area contributed by atoms with Gasteiger partial charge in [0, 0.05) is 17.7 Å². The third kappa shape index (κ3) is 1.61. The Hall–Kier alpha value is -1.57. The molecule has 66 valence electrons. The van der Waals surface area contributed by atoms with E-state index < -0.39 is 0 Å². The van der Waals surface area contributed by atoms with E-state index in [1.807, 2.05) is 55.2 Å². The van der Waals surface area contributed by atoms with Gasteiger partial charge in [-0.2, -0.15) is 0 Å². The van der Waals surface area contributed by atoms with Crippen LogP contribution < -0.4 is 4.57 Å². The summed E-state index contributed by atoms with van der Waals surface area (Å²) >= 11 is 0. The summed E-state index contributed by atoms with van der Waals surface area (Å²) in [6, 6.07) is 8.05. The Labute approximate surface area is 77.4 Å². The summed E-state index contributed by atoms with van der Waals surface area (Å²) in [6.45, 7) is 1.95. The van der Waals surface area contributed by atoms with Gasteiger partial charge < -0.3 is 4.42 Å². The average molecular weight is 174 g/mol. The second-order valence-corrected chi connectivity index (χ2v) is 3.16. The molecule has 0 bridgehead atoms. The molecule has 0 radical (unpaired) electrons. The molecule has 0 N–H and O–H groups in total. The van der Waals surface area contributed by atoms with Crippen molar-refractivity contribution in [2.75, 3.05) is 0 Å². The lowest BCUT2D eigenvalue weighted by Crippen LogP contribution is -2.25. The van der Waals surface area contributed by atoms with Crippen LogP contribution in [0.25, 0.3) is 11.3 Å². The molecule has 2 heteroatoms. The highest BCUT2D eigenvalue weighted by Gasteiger charge is 2.02. The van der Waals surface area contributed by atoms with Gasteiger partial charge in [-0.1, -0.05) is 0 Å². The molecule has 2 rings (SSSR count). The van der Waals surface area contributed by atoms with Gasteiger partial charge in [-0.3, -0.25) is 0 Å². The van der Waals surface area contributed by atoms with E-state index in [1.165, 1.54) is 0 Å². The Bertz CT molecular complexity index is 400. The van der Waals surface area contributed by atoms with E-state index in [2.05, 4.69) is 0 Å². The minimum Gasteiger partial charge on any atom is -0.461 e. The molecular formula is C11H12NO+. The maximum absolute atomic E-state index is 5.50. The highest BCUT2D eigenvalue weighted by Crippen LogP contribution is 2.19. The number of hydrogen-bond acceptors (Lipinski definition) is 1. The molecule has 2 heterocycles. The number of rotatable bonds is 1. The molecule has 0 unspecified atom stereocenters. The van der Waals surface area contributed by atoms with E-state index in [9.17, 15) is 0 Å². The van der Waals surface area contributed by atoms with Crippen molar-refractivity contribution in [1.29, 1.82) is 0 Å². The van der Waals surface area contributed by atoms with Crippen molar-refractivity contribution < 1.29 is 8.98 Å². The van der Waals surface area contributed by atoms with E-state index in [0.717, 1.165) is 17.1 Å². The van der Waals surface area contributed by atoms with Crippen LogP contribution in [0.4, 0.5) is 0 Å². The maximum Gasteiger partial charge on any atom is 0.169 e. The SMILES string of the molecule is Cc1ccc(-c2cc[n+](C)cc2)o1. The molecule has 0 amide bonds. The number of aryl methyl sites for hydroxylation is 2. The van der Waals surface area contributed by atoms with Crippen LogP contribution in [0.15, 0.2) is 41.1 Å². The van der Waals surface area contributed by atoms with Crippen LogP contribution >= 0.6 is 0 Å². The van der Waals surface area contributed by atoms with Gasteiger partial charge in [-0.15, -0.1) is 0 Å². The molecule has 2 nitrogen and oxygen atoms in total. The fourth-order valence-corrected chi connectivity index (χ4v) is 1.25. The van der Waals surface area contributed by atoms with E-state index in [-0.39, 0.29) is 0 Å². The Kier molecular flexibility index (Phi) is 1.89. The fourth-order valence-electron chi connectivity index (χ4n) is 1.25. The number of furan rings is 1. The van der Waals surface area contributed by atoms with Gasteiger partial charge in [0.05, 0.1) is 0 Å². The zero-order chi connectivity index (χ0) is 9.26. The lowest BCUT2D eigenvalue weighted by Gasteiger charge is -1.93. The van der Waals surface area contributed by atoms with Gasteiger partial charge in [-0.25, -0.2) is 4.57 Å². The zero-order valence-electron chi connectivity index (χ0n) is 7.82. The summed E-state index contributed by atoms with van der Waals surface area (Å²) in [6.07, 6.45) is 4.01. The summed E-state index contributed by atoms with van der Waals surface area (Å²) in [5.41, 5.74) is 1.12. The van der Waals surface area contributed by atoms with Crippen molar-refractivity contribution >= 4 is 0 Å². The first-order valence-corrected chi connectivity index (χ1v) is 4.28. The first-order valence-electron chi connectivity index (χ1n) is 4.28. The van der Waals surface area contributed by atoms with Crippen LogP contribution in [0, 0.1) is 6.92 Å². The van der Waals surface area contributed by atoms with Crippen molar-refractivity contribution in [3.63, 3.8) is 0 Å². The second-order valence-electron chi connectivity index (χ2n) is 3.16. The molecule has 0 aromatic carbocycles. The Balaban J connectivity index is 2.41. The maximum atomic E-state index is 5.50. The van der Waals surface area contributed by atoms with Crippen molar-refractivity contribution in [2.45, 2.75) is 6.92 Å². The quantitative estimate of drug-likeness (QED) is 0.605. The van der Waals surface area contributed by atoms with Crippen molar-refractivity contribution in [3.8, 4) is 11.3 Å². The average Bonchev–Trinajstić information content (AvgIpc) is 2.53. The van der Waals surface area contributed by atoms with Crippen LogP contribution in [-0.2, 0) is 7.05 Å². The smallest absolute Gasteiger partial charge is 0.169 e.